The van der Waals surface area contributed by atoms with Crippen molar-refractivity contribution >= 4 is 34.3 Å². The van der Waals surface area contributed by atoms with Crippen molar-refractivity contribution in [3.8, 4) is 18.4 Å². The highest BCUT2D eigenvalue weighted by atomic mass is 32.2. The zero-order valence-electron chi connectivity index (χ0n) is 18.5. The summed E-state index contributed by atoms with van der Waals surface area (Å²) in [6.45, 7) is 8.11. The Bertz CT molecular complexity index is 1350. The third-order valence-electron chi connectivity index (χ3n) is 6.87. The van der Waals surface area contributed by atoms with E-state index in [9.17, 15) is 10.1 Å². The summed E-state index contributed by atoms with van der Waals surface area (Å²) in [6, 6.07) is 11.7. The average molecular weight is 442 g/mol. The van der Waals surface area contributed by atoms with Crippen molar-refractivity contribution < 1.29 is 4.79 Å². The lowest BCUT2D eigenvalue weighted by atomic mass is 9.70. The number of nitrogens with one attached hydrogen (secondary N) is 1. The molecule has 3 aromatic rings. The van der Waals surface area contributed by atoms with E-state index in [4.69, 9.17) is 6.42 Å². The number of nitriles is 1. The van der Waals surface area contributed by atoms with Crippen LogP contribution >= 0.6 is 0 Å². The van der Waals surface area contributed by atoms with E-state index in [-0.39, 0.29) is 5.78 Å². The first kappa shape index (κ1) is 20.7. The molecule has 2 aromatic carbocycles. The molecule has 1 aromatic heterocycles. The van der Waals surface area contributed by atoms with E-state index in [1.807, 2.05) is 18.2 Å². The van der Waals surface area contributed by atoms with Crippen LogP contribution < -0.4 is 4.90 Å². The lowest BCUT2D eigenvalue weighted by Gasteiger charge is -2.36. The number of hydrogen-bond donors (Lipinski definition) is 1. The van der Waals surface area contributed by atoms with Crippen LogP contribution in [0.15, 0.2) is 30.3 Å². The van der Waals surface area contributed by atoms with Crippen molar-refractivity contribution in [2.24, 2.45) is 0 Å². The molecule has 1 N–H and O–H groups in total. The van der Waals surface area contributed by atoms with Crippen molar-refractivity contribution in [3.63, 3.8) is 0 Å². The fourth-order valence-corrected chi connectivity index (χ4v) is 5.63. The number of terminal acetylenes is 1. The average Bonchev–Trinajstić information content (AvgIpc) is 3.22. The molecule has 0 spiro atoms. The van der Waals surface area contributed by atoms with Crippen LogP contribution in [0.1, 0.15) is 52.2 Å². The number of ketones is 1. The summed E-state index contributed by atoms with van der Waals surface area (Å²) in [5.74, 6) is 2.82. The van der Waals surface area contributed by atoms with Crippen LogP contribution in [0.3, 0.4) is 0 Å². The Labute approximate surface area is 192 Å². The number of piperazine rings is 1. The van der Waals surface area contributed by atoms with Crippen molar-refractivity contribution in [2.75, 3.05) is 37.3 Å². The number of carbonyl (C=O) groups is 1. The second kappa shape index (κ2) is 7.45. The maximum absolute atomic E-state index is 13.7. The molecule has 5 rings (SSSR count). The number of carbonyl (C=O) groups excluding carboxylic acids is 1. The van der Waals surface area contributed by atoms with Crippen LogP contribution in [0, 0.1) is 23.7 Å². The lowest BCUT2D eigenvalue weighted by Crippen LogP contribution is -2.46. The zero-order chi connectivity index (χ0) is 22.6. The molecule has 5 nitrogen and oxygen atoms in total. The van der Waals surface area contributed by atoms with Crippen LogP contribution in [0.2, 0.25) is 0 Å². The maximum atomic E-state index is 13.7. The fourth-order valence-electron chi connectivity index (χ4n) is 5.05. The number of nitrogens with zero attached hydrogens (tertiary/aromatic N) is 3. The Kier molecular flexibility index (Phi) is 4.82. The van der Waals surface area contributed by atoms with Crippen LogP contribution in [-0.2, 0) is 17.4 Å². The first-order valence-corrected chi connectivity index (χ1v) is 12.0. The zero-order valence-corrected chi connectivity index (χ0v) is 19.4. The van der Waals surface area contributed by atoms with E-state index in [2.05, 4.69) is 52.3 Å². The van der Waals surface area contributed by atoms with E-state index < -0.39 is 5.41 Å². The van der Waals surface area contributed by atoms with Gasteiger partial charge in [0.05, 0.1) is 47.9 Å². The van der Waals surface area contributed by atoms with Crippen molar-refractivity contribution in [2.45, 2.75) is 19.3 Å². The topological polar surface area (TPSA) is 63.1 Å². The Morgan fingerprint density at radius 3 is 2.56 bits per heavy atom. The predicted molar refractivity (Wildman–Crippen MR) is 131 cm³/mol. The quantitative estimate of drug-likeness (QED) is 0.376. The number of rotatable bonds is 2. The molecule has 0 unspecified atom stereocenters. The molecule has 0 amide bonds. The van der Waals surface area contributed by atoms with Gasteiger partial charge in [-0.1, -0.05) is 25.8 Å². The molecule has 6 heteroatoms. The highest BCUT2D eigenvalue weighted by Gasteiger charge is 2.40. The van der Waals surface area contributed by atoms with Gasteiger partial charge in [-0.2, -0.15) is 5.26 Å². The molecular formula is C26H25N4OS+. The molecule has 160 valence electrons. The standard InChI is InChI=1S/C26H24N4OS/c1-5-17-13-19-20(14-22(17)29-8-10-30(32-4)11-9-29)26(2,3)25-23(24(19)31)18-7-6-16(15-27)12-21(18)28-25/h1,6-7,12-14,28H,8-11H2,2-4H3/p+1. The normalized spacial score (nSPS) is 17.5. The predicted octanol–water partition coefficient (Wildman–Crippen LogP) is 3.37. The summed E-state index contributed by atoms with van der Waals surface area (Å²) in [7, 11) is 0. The van der Waals surface area contributed by atoms with E-state index in [0.717, 1.165) is 59.6 Å². The second-order valence-corrected chi connectivity index (χ2v) is 9.87. The summed E-state index contributed by atoms with van der Waals surface area (Å²) in [6.07, 6.45) is 8.08. The molecule has 2 heterocycles. The third kappa shape index (κ3) is 2.95. The number of aromatic nitrogens is 1. The van der Waals surface area contributed by atoms with Gasteiger partial charge in [-0.15, -0.1) is 10.7 Å². The maximum Gasteiger partial charge on any atom is 0.195 e. The van der Waals surface area contributed by atoms with Crippen LogP contribution in [-0.4, -0.2) is 47.5 Å². The van der Waals surface area contributed by atoms with Gasteiger partial charge in [0.2, 0.25) is 0 Å². The Hall–Kier alpha value is -3.19. The molecule has 0 atom stereocenters. The SMILES string of the molecule is C#Cc1cc2c(cc1N1CCN([SH+]C)CC1)C(C)(C)c1[nH]c3cc(C#N)ccc3c1C2=O. The van der Waals surface area contributed by atoms with Gasteiger partial charge < -0.3 is 9.88 Å². The third-order valence-corrected chi connectivity index (χ3v) is 7.83. The lowest BCUT2D eigenvalue weighted by molar-refractivity contribution is 0.103. The van der Waals surface area contributed by atoms with Crippen LogP contribution in [0.4, 0.5) is 5.69 Å². The minimum atomic E-state index is -0.407. The number of benzene rings is 2. The highest BCUT2D eigenvalue weighted by Crippen LogP contribution is 2.45. The second-order valence-electron chi connectivity index (χ2n) is 8.90. The number of hydrogen-bond acceptors (Lipinski definition) is 4. The minimum Gasteiger partial charge on any atom is -0.368 e. The number of aromatic amines is 1. The monoisotopic (exact) mass is 441 g/mol. The number of fused-ring (bicyclic) bond motifs is 4. The molecular weight excluding hydrogens is 416 g/mol. The smallest absolute Gasteiger partial charge is 0.195 e. The fraction of sp³-hybridized carbons (Fsp3) is 0.308. The van der Waals surface area contributed by atoms with Crippen molar-refractivity contribution in [1.29, 1.82) is 5.26 Å². The van der Waals surface area contributed by atoms with Crippen molar-refractivity contribution in [3.05, 3.63) is 63.8 Å². The van der Waals surface area contributed by atoms with Gasteiger partial charge in [0.1, 0.15) is 6.26 Å². The molecule has 1 fully saturated rings. The first-order valence-electron chi connectivity index (χ1n) is 10.7. The van der Waals surface area contributed by atoms with Gasteiger partial charge in [0.25, 0.3) is 0 Å². The molecule has 0 bridgehead atoms. The van der Waals surface area contributed by atoms with E-state index in [0.29, 0.717) is 16.7 Å². The highest BCUT2D eigenvalue weighted by molar-refractivity contribution is 7.75. The van der Waals surface area contributed by atoms with Gasteiger partial charge in [-0.3, -0.25) is 4.79 Å². The summed E-state index contributed by atoms with van der Waals surface area (Å²) in [4.78, 5) is 19.5. The molecule has 1 aliphatic heterocycles. The van der Waals surface area contributed by atoms with E-state index in [1.165, 1.54) is 11.9 Å². The summed E-state index contributed by atoms with van der Waals surface area (Å²) >= 11 is 1.29. The molecule has 0 saturated carbocycles. The van der Waals surface area contributed by atoms with Gasteiger partial charge >= 0.3 is 0 Å². The van der Waals surface area contributed by atoms with Crippen LogP contribution in [0.5, 0.6) is 0 Å². The number of anilines is 1. The van der Waals surface area contributed by atoms with Crippen molar-refractivity contribution in [1.82, 2.24) is 9.29 Å². The molecule has 1 saturated heterocycles. The number of thiol groups is 1. The largest absolute Gasteiger partial charge is 0.368 e. The Morgan fingerprint density at radius 2 is 1.91 bits per heavy atom. The van der Waals surface area contributed by atoms with E-state index in [1.54, 1.807) is 6.07 Å². The van der Waals surface area contributed by atoms with Gasteiger partial charge in [-0.25, -0.2) is 0 Å². The van der Waals surface area contributed by atoms with Crippen LogP contribution in [0.25, 0.3) is 10.9 Å². The molecule has 32 heavy (non-hydrogen) atoms. The summed E-state index contributed by atoms with van der Waals surface area (Å²) < 4.78 is 2.41. The Balaban J connectivity index is 1.67. The molecule has 2 aliphatic rings. The molecule has 1 aliphatic carbocycles. The van der Waals surface area contributed by atoms with Gasteiger partial charge in [0.15, 0.2) is 5.78 Å². The van der Waals surface area contributed by atoms with E-state index >= 15 is 0 Å². The van der Waals surface area contributed by atoms with Gasteiger partial charge in [0, 0.05) is 46.2 Å². The summed E-state index contributed by atoms with van der Waals surface area (Å²) in [5.41, 5.74) is 6.04. The summed E-state index contributed by atoms with van der Waals surface area (Å²) in [5, 5.41) is 10.1. The first-order chi connectivity index (χ1) is 15.4. The molecule has 0 radical (unpaired) electrons. The minimum absolute atomic E-state index is 0.0112. The number of H-pyrrole nitrogens is 1. The Morgan fingerprint density at radius 1 is 1.16 bits per heavy atom. The van der Waals surface area contributed by atoms with Gasteiger partial charge in [-0.05, 0) is 29.8 Å².